The Labute approximate surface area is 197 Å². The molecule has 0 spiro atoms. The molecule has 3 unspecified atom stereocenters. The van der Waals surface area contributed by atoms with E-state index < -0.39 is 28.2 Å². The molecule has 1 saturated carbocycles. The lowest BCUT2D eigenvalue weighted by Gasteiger charge is -2.20. The number of aryl methyl sites for hydroxylation is 1. The number of rotatable bonds is 7. The van der Waals surface area contributed by atoms with Crippen LogP contribution < -0.4 is 20.3 Å². The summed E-state index contributed by atoms with van der Waals surface area (Å²) < 4.78 is 51.4. The van der Waals surface area contributed by atoms with Gasteiger partial charge in [-0.25, -0.2) is 13.0 Å². The van der Waals surface area contributed by atoms with E-state index in [1.807, 2.05) is 0 Å². The molecule has 0 bridgehead atoms. The second-order valence-corrected chi connectivity index (χ2v) is 9.73. The maximum Gasteiger partial charge on any atom is 0.255 e. The fourth-order valence-corrected chi connectivity index (χ4v) is 5.18. The summed E-state index contributed by atoms with van der Waals surface area (Å²) in [5.74, 6) is -0.844. The molecule has 33 heavy (non-hydrogen) atoms. The van der Waals surface area contributed by atoms with E-state index in [0.29, 0.717) is 17.0 Å². The number of nitrogens with zero attached hydrogens (tertiary/aromatic N) is 1. The van der Waals surface area contributed by atoms with Crippen molar-refractivity contribution in [3.63, 3.8) is 0 Å². The van der Waals surface area contributed by atoms with E-state index in [4.69, 9.17) is 16.3 Å². The first kappa shape index (κ1) is 23.3. The molecule has 1 aromatic heterocycles. The number of ether oxygens (including phenoxy) is 1. The zero-order valence-electron chi connectivity index (χ0n) is 18.1. The van der Waals surface area contributed by atoms with Crippen molar-refractivity contribution in [3.05, 3.63) is 80.6 Å². The topological polar surface area (TPSA) is 72.4 Å². The van der Waals surface area contributed by atoms with Crippen LogP contribution in [0.3, 0.4) is 0 Å². The van der Waals surface area contributed by atoms with Crippen molar-refractivity contribution in [1.82, 2.24) is 4.57 Å². The third-order valence-corrected chi connectivity index (χ3v) is 7.28. The number of nitrogens with one attached hydrogen (secondary N) is 2. The van der Waals surface area contributed by atoms with E-state index >= 15 is 0 Å². The molecule has 0 saturated heterocycles. The first-order valence-corrected chi connectivity index (χ1v) is 11.7. The normalized spacial score (nSPS) is 18.0. The highest BCUT2D eigenvalue weighted by molar-refractivity contribution is 7.87. The lowest BCUT2D eigenvalue weighted by molar-refractivity contribution is 0.415. The number of hydrogen-bond acceptors (Lipinski definition) is 4. The minimum atomic E-state index is -1.64. The zero-order chi connectivity index (χ0) is 23.9. The van der Waals surface area contributed by atoms with Gasteiger partial charge in [0.25, 0.3) is 5.56 Å². The Bertz CT molecular complexity index is 1310. The molecule has 1 heterocycles. The number of anilines is 3. The lowest BCUT2D eigenvalue weighted by atomic mass is 10.1. The van der Waals surface area contributed by atoms with Crippen LogP contribution in [0.2, 0.25) is 5.02 Å². The highest BCUT2D eigenvalue weighted by Crippen LogP contribution is 2.47. The molecular weight excluding hydrogens is 472 g/mol. The van der Waals surface area contributed by atoms with Crippen LogP contribution in [-0.4, -0.2) is 21.1 Å². The lowest BCUT2D eigenvalue weighted by Crippen LogP contribution is -2.23. The summed E-state index contributed by atoms with van der Waals surface area (Å²) in [6.45, 7) is 1.76. The summed E-state index contributed by atoms with van der Waals surface area (Å²) in [5, 5.41) is 2.85. The minimum absolute atomic E-state index is 0.144. The van der Waals surface area contributed by atoms with E-state index in [1.165, 1.54) is 36.9 Å². The zero-order valence-corrected chi connectivity index (χ0v) is 19.7. The number of halogens is 3. The summed E-state index contributed by atoms with van der Waals surface area (Å²) in [6.07, 6.45) is 0.515. The van der Waals surface area contributed by atoms with Crippen LogP contribution >= 0.6 is 11.6 Å². The van der Waals surface area contributed by atoms with Crippen molar-refractivity contribution < 1.29 is 17.7 Å². The van der Waals surface area contributed by atoms with E-state index in [9.17, 15) is 17.8 Å². The van der Waals surface area contributed by atoms with E-state index in [2.05, 4.69) is 10.0 Å². The molecule has 10 heteroatoms. The van der Waals surface area contributed by atoms with Gasteiger partial charge in [-0.2, -0.15) is 0 Å². The van der Waals surface area contributed by atoms with Gasteiger partial charge in [-0.1, -0.05) is 23.7 Å². The first-order chi connectivity index (χ1) is 15.7. The van der Waals surface area contributed by atoms with E-state index in [1.54, 1.807) is 31.2 Å². The molecule has 1 aliphatic carbocycles. The van der Waals surface area contributed by atoms with Crippen LogP contribution in [0, 0.1) is 18.6 Å². The van der Waals surface area contributed by atoms with E-state index in [0.717, 1.165) is 5.56 Å². The highest BCUT2D eigenvalue weighted by Gasteiger charge is 2.45. The predicted molar refractivity (Wildman–Crippen MR) is 127 cm³/mol. The quantitative estimate of drug-likeness (QED) is 0.485. The molecule has 6 nitrogen and oxygen atoms in total. The summed E-state index contributed by atoms with van der Waals surface area (Å²) in [7, 11) is 1.25. The van der Waals surface area contributed by atoms with Crippen molar-refractivity contribution in [2.24, 2.45) is 7.05 Å². The van der Waals surface area contributed by atoms with Crippen LogP contribution in [0.15, 0.2) is 47.3 Å². The minimum Gasteiger partial charge on any atom is -0.494 e. The Balaban J connectivity index is 1.65. The number of aromatic nitrogens is 1. The van der Waals surface area contributed by atoms with Crippen LogP contribution in [-0.2, 0) is 18.0 Å². The van der Waals surface area contributed by atoms with Crippen LogP contribution in [0.5, 0.6) is 5.75 Å². The summed E-state index contributed by atoms with van der Waals surface area (Å²) in [5.41, 5.74) is 1.18. The summed E-state index contributed by atoms with van der Waals surface area (Å²) in [4.78, 5) is 12.4. The maximum atomic E-state index is 14.5. The molecule has 0 aliphatic heterocycles. The molecule has 2 aromatic carbocycles. The number of pyridine rings is 1. The second-order valence-electron chi connectivity index (χ2n) is 7.89. The van der Waals surface area contributed by atoms with Gasteiger partial charge in [0.15, 0.2) is 5.75 Å². The predicted octanol–water partition coefficient (Wildman–Crippen LogP) is 5.01. The molecular formula is C23H22ClF2N3O3S. The average Bonchev–Trinajstić information content (AvgIpc) is 3.55. The highest BCUT2D eigenvalue weighted by atomic mass is 35.5. The fourth-order valence-electron chi connectivity index (χ4n) is 3.64. The molecule has 3 atom stereocenters. The summed E-state index contributed by atoms with van der Waals surface area (Å²) in [6, 6.07) is 10.3. The standard InChI is InChI=1S/C23H22ClF2N3O3S/c1-12-4-7-18(17(26)8-12)27-23-22(19(32-3)11-21(30)29(23)2)28-33(31)20-10-15(20)14-6-5-13(24)9-16(14)25/h4-9,11,15,20,27-28H,10H2,1-3H3. The maximum absolute atomic E-state index is 14.5. The molecule has 174 valence electrons. The molecule has 0 radical (unpaired) electrons. The van der Waals surface area contributed by atoms with Crippen molar-refractivity contribution >= 4 is 39.8 Å². The van der Waals surface area contributed by atoms with Crippen molar-refractivity contribution in [2.75, 3.05) is 17.1 Å². The molecule has 4 rings (SSSR count). The molecule has 2 N–H and O–H groups in total. The summed E-state index contributed by atoms with van der Waals surface area (Å²) >= 11 is 5.83. The molecule has 1 aliphatic rings. The Hall–Kier alpha value is -2.91. The van der Waals surface area contributed by atoms with Gasteiger partial charge in [-0.3, -0.25) is 14.1 Å². The van der Waals surface area contributed by atoms with Crippen molar-refractivity contribution in [1.29, 1.82) is 0 Å². The van der Waals surface area contributed by atoms with Crippen molar-refractivity contribution in [2.45, 2.75) is 24.5 Å². The monoisotopic (exact) mass is 493 g/mol. The van der Waals surface area contributed by atoms with Gasteiger partial charge >= 0.3 is 0 Å². The van der Waals surface area contributed by atoms with Gasteiger partial charge in [-0.15, -0.1) is 0 Å². The number of methoxy groups -OCH3 is 1. The Morgan fingerprint density at radius 3 is 2.58 bits per heavy atom. The number of benzene rings is 2. The molecule has 0 amide bonds. The van der Waals surface area contributed by atoms with E-state index in [-0.39, 0.29) is 34.1 Å². The fraction of sp³-hybridized carbons (Fsp3) is 0.261. The van der Waals surface area contributed by atoms with Crippen LogP contribution in [0.25, 0.3) is 0 Å². The average molecular weight is 494 g/mol. The van der Waals surface area contributed by atoms with Crippen molar-refractivity contribution in [3.8, 4) is 5.75 Å². The Kier molecular flexibility index (Phi) is 6.45. The van der Waals surface area contributed by atoms with Gasteiger partial charge in [0.2, 0.25) is 0 Å². The molecule has 3 aromatic rings. The Morgan fingerprint density at radius 1 is 1.15 bits per heavy atom. The van der Waals surface area contributed by atoms with Gasteiger partial charge in [0.05, 0.1) is 18.0 Å². The van der Waals surface area contributed by atoms with Crippen LogP contribution in [0.4, 0.5) is 26.0 Å². The Morgan fingerprint density at radius 2 is 1.91 bits per heavy atom. The van der Waals surface area contributed by atoms with Gasteiger partial charge in [0.1, 0.15) is 34.1 Å². The van der Waals surface area contributed by atoms with Gasteiger partial charge in [-0.05, 0) is 48.7 Å². The van der Waals surface area contributed by atoms with Gasteiger partial charge in [0, 0.05) is 24.1 Å². The third kappa shape index (κ3) is 4.74. The molecule has 1 fully saturated rings. The SMILES string of the molecule is COc1cc(=O)n(C)c(Nc2ccc(C)cc2F)c1NS(=O)C1CC1c1ccc(Cl)cc1F. The number of hydrogen-bond donors (Lipinski definition) is 2. The first-order valence-electron chi connectivity index (χ1n) is 10.1. The largest absolute Gasteiger partial charge is 0.494 e. The second kappa shape index (κ2) is 9.15. The third-order valence-electron chi connectivity index (χ3n) is 5.57. The van der Waals surface area contributed by atoms with Crippen LogP contribution in [0.1, 0.15) is 23.5 Å². The van der Waals surface area contributed by atoms with Gasteiger partial charge < -0.3 is 10.1 Å². The smallest absolute Gasteiger partial charge is 0.255 e.